The van der Waals surface area contributed by atoms with E-state index in [-0.39, 0.29) is 11.5 Å². The van der Waals surface area contributed by atoms with Crippen molar-refractivity contribution in [3.8, 4) is 11.5 Å². The molecule has 0 radical (unpaired) electrons. The summed E-state index contributed by atoms with van der Waals surface area (Å²) in [6.45, 7) is 0.984. The van der Waals surface area contributed by atoms with Gasteiger partial charge in [0.1, 0.15) is 12.2 Å². The molecule has 4 nitrogen and oxygen atoms in total. The summed E-state index contributed by atoms with van der Waals surface area (Å²) in [5.41, 5.74) is 2.57. The molecular formula is C17H19NO3. The lowest BCUT2D eigenvalue weighted by Crippen LogP contribution is -2.64. The summed E-state index contributed by atoms with van der Waals surface area (Å²) in [4.78, 5) is 0. The molecule has 3 unspecified atom stereocenters. The Labute approximate surface area is 123 Å². The van der Waals surface area contributed by atoms with E-state index >= 15 is 0 Å². The van der Waals surface area contributed by atoms with Crippen molar-refractivity contribution in [3.63, 3.8) is 0 Å². The number of nitrogens with one attached hydrogen (secondary N) is 1. The van der Waals surface area contributed by atoms with E-state index < -0.39 is 6.10 Å². The second-order valence-corrected chi connectivity index (χ2v) is 6.63. The maximum Gasteiger partial charge on any atom is 0.165 e. The molecule has 2 aliphatic heterocycles. The molecule has 5 rings (SSSR count). The lowest BCUT2D eigenvalue weighted by molar-refractivity contribution is -0.0177. The van der Waals surface area contributed by atoms with Gasteiger partial charge in [-0.3, -0.25) is 0 Å². The fourth-order valence-electron chi connectivity index (χ4n) is 5.13. The van der Waals surface area contributed by atoms with Crippen LogP contribution in [0.1, 0.15) is 17.5 Å². The van der Waals surface area contributed by atoms with Crippen LogP contribution in [-0.4, -0.2) is 37.0 Å². The Hall–Kier alpha value is -1.52. The second-order valence-electron chi connectivity index (χ2n) is 6.63. The summed E-state index contributed by atoms with van der Waals surface area (Å²) < 4.78 is 11.8. The smallest absolute Gasteiger partial charge is 0.165 e. The van der Waals surface area contributed by atoms with Gasteiger partial charge in [0.15, 0.2) is 11.5 Å². The summed E-state index contributed by atoms with van der Waals surface area (Å²) in [6.07, 6.45) is 5.43. The molecule has 21 heavy (non-hydrogen) atoms. The molecule has 0 amide bonds. The normalized spacial score (nSPS) is 41.4. The highest BCUT2D eigenvalue weighted by molar-refractivity contribution is 5.62. The van der Waals surface area contributed by atoms with E-state index in [4.69, 9.17) is 9.47 Å². The number of aliphatic hydroxyl groups is 1. The van der Waals surface area contributed by atoms with E-state index in [9.17, 15) is 5.11 Å². The molecule has 2 heterocycles. The average molecular weight is 285 g/mol. The van der Waals surface area contributed by atoms with Crippen molar-refractivity contribution in [3.05, 3.63) is 35.4 Å². The molecule has 2 N–H and O–H groups in total. The topological polar surface area (TPSA) is 50.7 Å². The number of piperidine rings is 1. The number of benzene rings is 1. The first-order valence-electron chi connectivity index (χ1n) is 7.72. The van der Waals surface area contributed by atoms with Crippen LogP contribution in [0.15, 0.2) is 24.3 Å². The minimum Gasteiger partial charge on any atom is -0.493 e. The number of aliphatic hydroxyl groups excluding tert-OH is 1. The van der Waals surface area contributed by atoms with Crippen LogP contribution in [0.2, 0.25) is 0 Å². The van der Waals surface area contributed by atoms with Crippen LogP contribution in [0.5, 0.6) is 11.5 Å². The fraction of sp³-hybridized carbons (Fsp3) is 0.529. The van der Waals surface area contributed by atoms with E-state index in [0.717, 1.165) is 30.9 Å². The Bertz CT molecular complexity index is 656. The van der Waals surface area contributed by atoms with Gasteiger partial charge in [-0.25, -0.2) is 0 Å². The lowest BCUT2D eigenvalue weighted by atomic mass is 9.54. The summed E-state index contributed by atoms with van der Waals surface area (Å²) in [7, 11) is 1.68. The van der Waals surface area contributed by atoms with Gasteiger partial charge in [-0.15, -0.1) is 0 Å². The van der Waals surface area contributed by atoms with Gasteiger partial charge in [0.05, 0.1) is 7.11 Å². The van der Waals surface area contributed by atoms with Crippen molar-refractivity contribution in [2.75, 3.05) is 13.7 Å². The maximum atomic E-state index is 10.5. The number of hydrogen-bond acceptors (Lipinski definition) is 4. The quantitative estimate of drug-likeness (QED) is 0.760. The Morgan fingerprint density at radius 3 is 3.14 bits per heavy atom. The van der Waals surface area contributed by atoms with Gasteiger partial charge in [0.2, 0.25) is 0 Å². The van der Waals surface area contributed by atoms with Crippen LogP contribution in [0.4, 0.5) is 0 Å². The first-order valence-corrected chi connectivity index (χ1v) is 7.72. The van der Waals surface area contributed by atoms with Crippen LogP contribution in [0.25, 0.3) is 0 Å². The van der Waals surface area contributed by atoms with Crippen LogP contribution in [-0.2, 0) is 11.8 Å². The van der Waals surface area contributed by atoms with E-state index in [1.54, 1.807) is 7.11 Å². The van der Waals surface area contributed by atoms with E-state index in [1.807, 2.05) is 12.1 Å². The summed E-state index contributed by atoms with van der Waals surface area (Å²) in [5, 5.41) is 14.1. The van der Waals surface area contributed by atoms with Gasteiger partial charge in [-0.1, -0.05) is 18.2 Å². The molecule has 4 aliphatic rings. The Morgan fingerprint density at radius 1 is 1.38 bits per heavy atom. The van der Waals surface area contributed by atoms with E-state index in [1.165, 1.54) is 11.1 Å². The zero-order valence-corrected chi connectivity index (χ0v) is 12.0. The van der Waals surface area contributed by atoms with Gasteiger partial charge in [-0.2, -0.15) is 0 Å². The zero-order valence-electron chi connectivity index (χ0n) is 12.0. The molecule has 1 saturated heterocycles. The molecule has 1 aromatic rings. The van der Waals surface area contributed by atoms with Crippen molar-refractivity contribution in [2.45, 2.75) is 36.5 Å². The second kappa shape index (κ2) is 3.81. The highest BCUT2D eigenvalue weighted by Crippen LogP contribution is 2.61. The molecule has 2 aliphatic carbocycles. The van der Waals surface area contributed by atoms with E-state index in [0.29, 0.717) is 12.0 Å². The zero-order chi connectivity index (χ0) is 14.2. The first kappa shape index (κ1) is 12.1. The average Bonchev–Trinajstić information content (AvgIpc) is 2.83. The molecule has 2 bridgehead atoms. The van der Waals surface area contributed by atoms with Crippen molar-refractivity contribution < 1.29 is 14.6 Å². The third kappa shape index (κ3) is 1.25. The van der Waals surface area contributed by atoms with Crippen molar-refractivity contribution in [2.24, 2.45) is 5.92 Å². The highest BCUT2D eigenvalue weighted by Gasteiger charge is 2.63. The monoisotopic (exact) mass is 285 g/mol. The molecular weight excluding hydrogens is 266 g/mol. The lowest BCUT2D eigenvalue weighted by Gasteiger charge is -2.53. The number of methoxy groups -OCH3 is 1. The van der Waals surface area contributed by atoms with Gasteiger partial charge >= 0.3 is 0 Å². The minimum atomic E-state index is -0.539. The Morgan fingerprint density at radius 2 is 2.29 bits per heavy atom. The van der Waals surface area contributed by atoms with Crippen LogP contribution >= 0.6 is 0 Å². The van der Waals surface area contributed by atoms with Crippen LogP contribution in [0, 0.1) is 5.92 Å². The van der Waals surface area contributed by atoms with Gasteiger partial charge < -0.3 is 19.9 Å². The molecule has 0 aromatic heterocycles. The minimum absolute atomic E-state index is 0.0818. The molecule has 1 aromatic carbocycles. The summed E-state index contributed by atoms with van der Waals surface area (Å²) >= 11 is 0. The SMILES string of the molecule is COc1ccc2c3c1OC1C(O)C=CC4[C@@H](C2)NCC[C@]314. The number of hydrogen-bond donors (Lipinski definition) is 2. The third-order valence-electron chi connectivity index (χ3n) is 5.88. The molecule has 5 atom stereocenters. The molecule has 1 fully saturated rings. The maximum absolute atomic E-state index is 10.5. The Balaban J connectivity index is 1.84. The van der Waals surface area contributed by atoms with Crippen LogP contribution < -0.4 is 14.8 Å². The predicted octanol–water partition coefficient (Wildman–Crippen LogP) is 1.16. The van der Waals surface area contributed by atoms with Crippen molar-refractivity contribution in [1.29, 1.82) is 0 Å². The molecule has 4 heteroatoms. The van der Waals surface area contributed by atoms with Gasteiger partial charge in [-0.05, 0) is 31.0 Å². The fourth-order valence-corrected chi connectivity index (χ4v) is 5.13. The van der Waals surface area contributed by atoms with Crippen LogP contribution in [0.3, 0.4) is 0 Å². The van der Waals surface area contributed by atoms with Gasteiger partial charge in [0, 0.05) is 22.9 Å². The molecule has 1 spiro atoms. The molecule has 0 saturated carbocycles. The largest absolute Gasteiger partial charge is 0.493 e. The highest BCUT2D eigenvalue weighted by atomic mass is 16.5. The van der Waals surface area contributed by atoms with Crippen molar-refractivity contribution in [1.82, 2.24) is 5.32 Å². The molecule has 110 valence electrons. The number of ether oxygens (including phenoxy) is 2. The Kier molecular flexibility index (Phi) is 2.19. The summed E-state index contributed by atoms with van der Waals surface area (Å²) in [6, 6.07) is 4.62. The third-order valence-corrected chi connectivity index (χ3v) is 5.88. The van der Waals surface area contributed by atoms with Crippen molar-refractivity contribution >= 4 is 0 Å². The first-order chi connectivity index (χ1) is 10.3. The van der Waals surface area contributed by atoms with Gasteiger partial charge in [0.25, 0.3) is 0 Å². The predicted molar refractivity (Wildman–Crippen MR) is 77.8 cm³/mol. The summed E-state index contributed by atoms with van der Waals surface area (Å²) in [5.74, 6) is 2.06. The number of rotatable bonds is 1. The van der Waals surface area contributed by atoms with E-state index in [2.05, 4.69) is 17.5 Å². The standard InChI is InChI=1S/C17H19NO3/c1-20-13-5-2-9-8-11-10-3-4-12(19)16-17(10,6-7-18-11)14(9)15(13)21-16/h2-5,10-12,16,18-19H,6-8H2,1H3/t10?,11-,12?,16?,17+/m1/s1.